The molecular weight excluding hydrogens is 323 g/mol. The molecule has 13 heteroatoms. The average molecular weight is 338 g/mol. The fraction of sp³-hybridized carbons (Fsp3) is 0.556. The number of aliphatic hydroxyl groups excluding tert-OH is 2. The second kappa shape index (κ2) is 5.93. The molecule has 2 rings (SSSR count). The number of phosphoric ester groups is 1. The number of nitrogen functional groups attached to an aromatic ring is 1. The number of carbonyl (C=O) groups is 1. The van der Waals surface area contributed by atoms with E-state index in [-0.39, 0.29) is 11.5 Å². The number of hydrogen-bond donors (Lipinski definition) is 6. The number of hydrogen-bond acceptors (Lipinski definition) is 8. The van der Waals surface area contributed by atoms with Crippen molar-refractivity contribution < 1.29 is 38.6 Å². The summed E-state index contributed by atoms with van der Waals surface area (Å²) in [6.45, 7) is -0.656. The van der Waals surface area contributed by atoms with E-state index in [2.05, 4.69) is 9.51 Å². The van der Waals surface area contributed by atoms with E-state index in [4.69, 9.17) is 26.0 Å². The summed E-state index contributed by atoms with van der Waals surface area (Å²) in [7, 11) is -4.75. The Hall–Kier alpha value is -1.53. The van der Waals surface area contributed by atoms with Gasteiger partial charge in [0.25, 0.3) is 5.91 Å². The molecular formula is C9H15N4O8P. The first-order chi connectivity index (χ1) is 10.1. The fourth-order valence-electron chi connectivity index (χ4n) is 2.03. The van der Waals surface area contributed by atoms with Gasteiger partial charge in [0, 0.05) is 0 Å². The van der Waals surface area contributed by atoms with E-state index in [1.165, 1.54) is 0 Å². The number of imidazole rings is 1. The van der Waals surface area contributed by atoms with Crippen molar-refractivity contribution in [2.75, 3.05) is 12.3 Å². The van der Waals surface area contributed by atoms with Gasteiger partial charge < -0.3 is 36.2 Å². The maximum Gasteiger partial charge on any atom is 0.469 e. The van der Waals surface area contributed by atoms with Gasteiger partial charge in [0.05, 0.1) is 12.9 Å². The predicted octanol–water partition coefficient (Wildman–Crippen LogP) is -2.71. The molecule has 1 aliphatic heterocycles. The van der Waals surface area contributed by atoms with Crippen LogP contribution in [0.1, 0.15) is 16.7 Å². The predicted molar refractivity (Wildman–Crippen MR) is 69.1 cm³/mol. The molecule has 1 aromatic heterocycles. The van der Waals surface area contributed by atoms with Gasteiger partial charge >= 0.3 is 7.82 Å². The molecule has 0 spiro atoms. The zero-order chi connectivity index (χ0) is 16.7. The molecule has 1 saturated heterocycles. The Balaban J connectivity index is 2.16. The molecule has 0 radical (unpaired) electrons. The molecule has 12 nitrogen and oxygen atoms in total. The van der Waals surface area contributed by atoms with Crippen LogP contribution in [0.3, 0.4) is 0 Å². The molecule has 0 aromatic carbocycles. The molecule has 4 atom stereocenters. The lowest BCUT2D eigenvalue weighted by molar-refractivity contribution is -0.0510. The van der Waals surface area contributed by atoms with Crippen LogP contribution in [0.2, 0.25) is 0 Å². The van der Waals surface area contributed by atoms with Gasteiger partial charge in [-0.15, -0.1) is 0 Å². The number of ether oxygens (including phenoxy) is 1. The standard InChI is InChI=1S/C9H15N4O8P/c10-7-4(8(11)16)12-2-13(7)9-6(15)5(14)3(21-9)1-20-22(17,18)19/h2-3,5-6,9,14-15H,1,10H2,(H2,11,16)(H2,17,18,19)/t3-,5+,6?,9?/m1/s1. The number of amides is 1. The number of anilines is 1. The first-order valence-corrected chi connectivity index (χ1v) is 7.48. The van der Waals surface area contributed by atoms with Gasteiger partial charge in [0.15, 0.2) is 11.9 Å². The van der Waals surface area contributed by atoms with Gasteiger partial charge in [0.1, 0.15) is 24.1 Å². The molecule has 2 unspecified atom stereocenters. The largest absolute Gasteiger partial charge is 0.469 e. The molecule has 124 valence electrons. The number of nitrogens with zero attached hydrogens (tertiary/aromatic N) is 2. The third-order valence-corrected chi connectivity index (χ3v) is 3.57. The van der Waals surface area contributed by atoms with E-state index in [0.717, 1.165) is 10.9 Å². The lowest BCUT2D eigenvalue weighted by atomic mass is 10.1. The summed E-state index contributed by atoms with van der Waals surface area (Å²) in [4.78, 5) is 32.0. The maximum absolute atomic E-state index is 11.1. The average Bonchev–Trinajstić information content (AvgIpc) is 2.90. The van der Waals surface area contributed by atoms with E-state index < -0.39 is 44.9 Å². The van der Waals surface area contributed by atoms with Crippen LogP contribution in [0, 0.1) is 0 Å². The number of aliphatic hydroxyl groups is 2. The third-order valence-electron chi connectivity index (χ3n) is 3.08. The summed E-state index contributed by atoms with van der Waals surface area (Å²) >= 11 is 0. The zero-order valence-electron chi connectivity index (χ0n) is 11.0. The van der Waals surface area contributed by atoms with E-state index in [1.807, 2.05) is 0 Å². The minimum atomic E-state index is -4.75. The molecule has 1 amide bonds. The van der Waals surface area contributed by atoms with Crippen molar-refractivity contribution in [2.24, 2.45) is 5.73 Å². The number of carbonyl (C=O) groups excluding carboxylic acids is 1. The monoisotopic (exact) mass is 338 g/mol. The van der Waals surface area contributed by atoms with Crippen molar-refractivity contribution in [3.63, 3.8) is 0 Å². The molecule has 8 N–H and O–H groups in total. The molecule has 0 bridgehead atoms. The van der Waals surface area contributed by atoms with Crippen LogP contribution in [0.15, 0.2) is 6.33 Å². The first kappa shape index (κ1) is 16.8. The van der Waals surface area contributed by atoms with Crippen molar-refractivity contribution >= 4 is 19.5 Å². The van der Waals surface area contributed by atoms with E-state index in [9.17, 15) is 19.6 Å². The van der Waals surface area contributed by atoms with Gasteiger partial charge in [-0.05, 0) is 0 Å². The Bertz CT molecular complexity index is 615. The highest BCUT2D eigenvalue weighted by Gasteiger charge is 2.45. The van der Waals surface area contributed by atoms with E-state index in [1.54, 1.807) is 0 Å². The van der Waals surface area contributed by atoms with Crippen LogP contribution >= 0.6 is 7.82 Å². The molecule has 2 heterocycles. The van der Waals surface area contributed by atoms with Crippen molar-refractivity contribution in [3.05, 3.63) is 12.0 Å². The van der Waals surface area contributed by atoms with Crippen LogP contribution in [0.5, 0.6) is 0 Å². The fourth-order valence-corrected chi connectivity index (χ4v) is 2.37. The highest BCUT2D eigenvalue weighted by Crippen LogP contribution is 2.38. The quantitative estimate of drug-likeness (QED) is 0.306. The van der Waals surface area contributed by atoms with Gasteiger partial charge in [-0.2, -0.15) is 0 Å². The summed E-state index contributed by atoms with van der Waals surface area (Å²) in [6, 6.07) is 0. The lowest BCUT2D eigenvalue weighted by Crippen LogP contribution is -2.33. The molecule has 0 aliphatic carbocycles. The van der Waals surface area contributed by atoms with Crippen LogP contribution in [0.4, 0.5) is 5.82 Å². The number of nitrogens with two attached hydrogens (primary N) is 2. The molecule has 22 heavy (non-hydrogen) atoms. The summed E-state index contributed by atoms with van der Waals surface area (Å²) in [5, 5.41) is 19.8. The van der Waals surface area contributed by atoms with Crippen molar-refractivity contribution in [2.45, 2.75) is 24.5 Å². The number of aromatic nitrogens is 2. The van der Waals surface area contributed by atoms with Crippen molar-refractivity contribution in [1.82, 2.24) is 9.55 Å². The third kappa shape index (κ3) is 3.28. The minimum Gasteiger partial charge on any atom is -0.387 e. The SMILES string of the molecule is NC(=O)c1ncn(C2O[C@H](COP(=O)(O)O)[C@H](O)C2O)c1N. The second-order valence-electron chi connectivity index (χ2n) is 4.58. The normalized spacial score (nSPS) is 28.9. The zero-order valence-corrected chi connectivity index (χ0v) is 11.9. The highest BCUT2D eigenvalue weighted by atomic mass is 31.2. The summed E-state index contributed by atoms with van der Waals surface area (Å²) in [6.07, 6.45) is -4.33. The maximum atomic E-state index is 11.1. The minimum absolute atomic E-state index is 0.180. The van der Waals surface area contributed by atoms with Gasteiger partial charge in [0.2, 0.25) is 0 Å². The van der Waals surface area contributed by atoms with E-state index >= 15 is 0 Å². The van der Waals surface area contributed by atoms with Crippen molar-refractivity contribution in [1.29, 1.82) is 0 Å². The molecule has 0 saturated carbocycles. The van der Waals surface area contributed by atoms with Gasteiger partial charge in [-0.3, -0.25) is 13.9 Å². The highest BCUT2D eigenvalue weighted by molar-refractivity contribution is 7.46. The Morgan fingerprint density at radius 1 is 1.45 bits per heavy atom. The van der Waals surface area contributed by atoms with Gasteiger partial charge in [-0.1, -0.05) is 0 Å². The number of primary amides is 1. The number of rotatable bonds is 5. The molecule has 1 aliphatic rings. The summed E-state index contributed by atoms with van der Waals surface area (Å²) in [5.41, 5.74) is 10.5. The smallest absolute Gasteiger partial charge is 0.387 e. The lowest BCUT2D eigenvalue weighted by Gasteiger charge is -2.17. The van der Waals surface area contributed by atoms with E-state index in [0.29, 0.717) is 0 Å². The van der Waals surface area contributed by atoms with Crippen LogP contribution in [-0.4, -0.2) is 60.4 Å². The summed E-state index contributed by atoms with van der Waals surface area (Å²) in [5.74, 6) is -1.06. The van der Waals surface area contributed by atoms with Crippen LogP contribution in [-0.2, 0) is 13.8 Å². The summed E-state index contributed by atoms with van der Waals surface area (Å²) < 4.78 is 21.2. The van der Waals surface area contributed by atoms with Gasteiger partial charge in [-0.25, -0.2) is 9.55 Å². The Morgan fingerprint density at radius 2 is 2.09 bits per heavy atom. The number of phosphoric acid groups is 1. The first-order valence-electron chi connectivity index (χ1n) is 5.95. The Morgan fingerprint density at radius 3 is 2.59 bits per heavy atom. The topological polar surface area (TPSA) is 203 Å². The molecule has 1 fully saturated rings. The Kier molecular flexibility index (Phi) is 4.54. The Labute approximate surface area is 123 Å². The van der Waals surface area contributed by atoms with Crippen LogP contribution < -0.4 is 11.5 Å². The second-order valence-corrected chi connectivity index (χ2v) is 5.82. The molecule has 1 aromatic rings. The van der Waals surface area contributed by atoms with Crippen molar-refractivity contribution in [3.8, 4) is 0 Å². The van der Waals surface area contributed by atoms with Crippen LogP contribution in [0.25, 0.3) is 0 Å².